The third kappa shape index (κ3) is 2.26. The van der Waals surface area contributed by atoms with Crippen molar-refractivity contribution in [1.29, 1.82) is 0 Å². The molecule has 2 saturated heterocycles. The van der Waals surface area contributed by atoms with Gasteiger partial charge in [0.15, 0.2) is 0 Å². The van der Waals surface area contributed by atoms with Gasteiger partial charge in [-0.3, -0.25) is 9.59 Å². The summed E-state index contributed by atoms with van der Waals surface area (Å²) in [5, 5.41) is 0. The maximum atomic E-state index is 12.9. The van der Waals surface area contributed by atoms with E-state index in [9.17, 15) is 9.59 Å². The van der Waals surface area contributed by atoms with Gasteiger partial charge in [0, 0.05) is 6.54 Å². The van der Waals surface area contributed by atoms with Gasteiger partial charge in [-0.15, -0.1) is 0 Å². The topological polar surface area (TPSA) is 55.8 Å². The van der Waals surface area contributed by atoms with Crippen molar-refractivity contribution in [2.45, 2.75) is 25.0 Å². The van der Waals surface area contributed by atoms with Crippen LogP contribution in [0.25, 0.3) is 0 Å². The summed E-state index contributed by atoms with van der Waals surface area (Å²) in [6, 6.07) is 10.1. The number of benzene rings is 1. The monoisotopic (exact) mass is 327 g/mol. The zero-order chi connectivity index (χ0) is 16.7. The first-order valence-electron chi connectivity index (χ1n) is 8.51. The smallest absolute Gasteiger partial charge is 0.312 e. The van der Waals surface area contributed by atoms with Crippen molar-refractivity contribution in [3.63, 3.8) is 0 Å². The molecule has 4 rings (SSSR count). The molecule has 0 aromatic heterocycles. The number of amides is 1. The molecule has 1 aromatic rings. The largest absolute Gasteiger partial charge is 0.466 e. The van der Waals surface area contributed by atoms with Crippen LogP contribution in [0.4, 0.5) is 0 Å². The van der Waals surface area contributed by atoms with Gasteiger partial charge < -0.3 is 14.4 Å². The highest BCUT2D eigenvalue weighted by Crippen LogP contribution is 2.52. The normalized spacial score (nSPS) is 33.1. The Balaban J connectivity index is 1.51. The summed E-state index contributed by atoms with van der Waals surface area (Å²) in [6.45, 7) is 3.25. The Morgan fingerprint density at radius 2 is 2.17 bits per heavy atom. The number of hydrogen-bond donors (Lipinski definition) is 0. The van der Waals surface area contributed by atoms with Gasteiger partial charge >= 0.3 is 5.97 Å². The van der Waals surface area contributed by atoms with Crippen molar-refractivity contribution in [2.24, 2.45) is 11.8 Å². The van der Waals surface area contributed by atoms with Gasteiger partial charge in [0.1, 0.15) is 11.5 Å². The van der Waals surface area contributed by atoms with E-state index in [0.717, 1.165) is 6.42 Å². The summed E-state index contributed by atoms with van der Waals surface area (Å²) in [6.07, 6.45) is 4.35. The Labute approximate surface area is 141 Å². The molecule has 0 unspecified atom stereocenters. The highest BCUT2D eigenvalue weighted by molar-refractivity contribution is 5.91. The van der Waals surface area contributed by atoms with Crippen LogP contribution in [0.5, 0.6) is 0 Å². The molecule has 5 heteroatoms. The number of carbonyl (C=O) groups is 2. The minimum Gasteiger partial charge on any atom is -0.466 e. The minimum absolute atomic E-state index is 0.0100. The quantitative estimate of drug-likeness (QED) is 0.608. The predicted octanol–water partition coefficient (Wildman–Crippen LogP) is 1.57. The summed E-state index contributed by atoms with van der Waals surface area (Å²) in [5.74, 6) is -1.26. The molecule has 0 saturated carbocycles. The van der Waals surface area contributed by atoms with Crippen LogP contribution in [-0.4, -0.2) is 48.2 Å². The van der Waals surface area contributed by atoms with Crippen LogP contribution in [-0.2, 0) is 25.5 Å². The molecule has 0 aliphatic carbocycles. The second-order valence-corrected chi connectivity index (χ2v) is 6.65. The summed E-state index contributed by atoms with van der Waals surface area (Å²) >= 11 is 0. The third-order valence-electron chi connectivity index (χ3n) is 5.25. The zero-order valence-corrected chi connectivity index (χ0v) is 13.7. The molecular weight excluding hydrogens is 306 g/mol. The first kappa shape index (κ1) is 15.4. The second-order valence-electron chi connectivity index (χ2n) is 6.65. The Bertz CT molecular complexity index is 686. The lowest BCUT2D eigenvalue weighted by Gasteiger charge is -2.22. The molecule has 0 N–H and O–H groups in total. The summed E-state index contributed by atoms with van der Waals surface area (Å²) in [4.78, 5) is 27.0. The Kier molecular flexibility index (Phi) is 3.68. The number of carbonyl (C=O) groups excluding carboxylic acids is 2. The standard InChI is InChI=1S/C19H21NO4/c1-2-23-18(22)15-14-8-10-19(24-14)12-20(17(21)16(15)19)11-9-13-6-4-3-5-7-13/h3-8,10,14-16H,2,9,11-12H2,1H3/t14-,15+,16-,19+/m1/s1. The van der Waals surface area contributed by atoms with E-state index in [2.05, 4.69) is 12.1 Å². The van der Waals surface area contributed by atoms with Crippen molar-refractivity contribution < 1.29 is 19.1 Å². The molecule has 24 heavy (non-hydrogen) atoms. The van der Waals surface area contributed by atoms with Crippen molar-refractivity contribution in [3.8, 4) is 0 Å². The number of ether oxygens (including phenoxy) is 2. The van der Waals surface area contributed by atoms with Gasteiger partial charge in [-0.25, -0.2) is 0 Å². The number of hydrogen-bond acceptors (Lipinski definition) is 4. The summed E-state index contributed by atoms with van der Waals surface area (Å²) < 4.78 is 11.2. The molecule has 5 nitrogen and oxygen atoms in total. The lowest BCUT2D eigenvalue weighted by Crippen LogP contribution is -2.40. The molecule has 3 aliphatic rings. The highest BCUT2D eigenvalue weighted by Gasteiger charge is 2.67. The second kappa shape index (κ2) is 5.74. The molecule has 2 fully saturated rings. The number of fused-ring (bicyclic) bond motifs is 1. The highest BCUT2D eigenvalue weighted by atomic mass is 16.6. The lowest BCUT2D eigenvalue weighted by molar-refractivity contribution is -0.153. The van der Waals surface area contributed by atoms with Crippen LogP contribution in [0.3, 0.4) is 0 Å². The van der Waals surface area contributed by atoms with Gasteiger partial charge in [0.25, 0.3) is 0 Å². The average molecular weight is 327 g/mol. The van der Waals surface area contributed by atoms with E-state index in [0.29, 0.717) is 19.7 Å². The van der Waals surface area contributed by atoms with E-state index in [-0.39, 0.29) is 18.0 Å². The fraction of sp³-hybridized carbons (Fsp3) is 0.474. The van der Waals surface area contributed by atoms with E-state index in [1.165, 1.54) is 5.56 Å². The van der Waals surface area contributed by atoms with E-state index in [1.807, 2.05) is 35.3 Å². The predicted molar refractivity (Wildman–Crippen MR) is 87.1 cm³/mol. The molecule has 1 aromatic carbocycles. The van der Waals surface area contributed by atoms with Gasteiger partial charge in [0.05, 0.1) is 25.2 Å². The molecule has 0 radical (unpaired) electrons. The average Bonchev–Trinajstić information content (AvgIpc) is 3.22. The maximum Gasteiger partial charge on any atom is 0.312 e. The van der Waals surface area contributed by atoms with Crippen molar-refractivity contribution in [3.05, 3.63) is 48.0 Å². The SMILES string of the molecule is CCOC(=O)[C@H]1[C@H]2C=C[C@@]3(CN(CCc4ccccc4)C(=O)[C@@H]13)O2. The van der Waals surface area contributed by atoms with Gasteiger partial charge in [0.2, 0.25) is 5.91 Å². The molecule has 2 bridgehead atoms. The number of likely N-dealkylation sites (tertiary alicyclic amines) is 1. The molecule has 1 amide bonds. The Morgan fingerprint density at radius 1 is 1.38 bits per heavy atom. The Morgan fingerprint density at radius 3 is 2.92 bits per heavy atom. The van der Waals surface area contributed by atoms with Crippen LogP contribution in [0, 0.1) is 11.8 Å². The third-order valence-corrected chi connectivity index (χ3v) is 5.25. The van der Waals surface area contributed by atoms with Gasteiger partial charge in [-0.2, -0.15) is 0 Å². The van der Waals surface area contributed by atoms with Crippen molar-refractivity contribution in [1.82, 2.24) is 4.90 Å². The molecule has 3 heterocycles. The molecule has 126 valence electrons. The van der Waals surface area contributed by atoms with Crippen LogP contribution >= 0.6 is 0 Å². The van der Waals surface area contributed by atoms with Crippen LogP contribution < -0.4 is 0 Å². The first-order chi connectivity index (χ1) is 11.6. The molecular formula is C19H21NO4. The van der Waals surface area contributed by atoms with Crippen LogP contribution in [0.15, 0.2) is 42.5 Å². The van der Waals surface area contributed by atoms with E-state index < -0.39 is 17.4 Å². The number of nitrogens with zero attached hydrogens (tertiary/aromatic N) is 1. The number of rotatable bonds is 5. The summed E-state index contributed by atoms with van der Waals surface area (Å²) in [5.41, 5.74) is 0.554. The summed E-state index contributed by atoms with van der Waals surface area (Å²) in [7, 11) is 0. The number of esters is 1. The first-order valence-corrected chi connectivity index (χ1v) is 8.51. The molecule has 1 spiro atoms. The van der Waals surface area contributed by atoms with Crippen molar-refractivity contribution >= 4 is 11.9 Å². The minimum atomic E-state index is -0.643. The molecule has 3 aliphatic heterocycles. The molecule has 4 atom stereocenters. The van der Waals surface area contributed by atoms with Gasteiger partial charge in [-0.1, -0.05) is 42.5 Å². The van der Waals surface area contributed by atoms with Crippen molar-refractivity contribution in [2.75, 3.05) is 19.7 Å². The fourth-order valence-corrected chi connectivity index (χ4v) is 4.18. The Hall–Kier alpha value is -2.14. The van der Waals surface area contributed by atoms with E-state index in [4.69, 9.17) is 9.47 Å². The lowest BCUT2D eigenvalue weighted by atomic mass is 9.77. The van der Waals surface area contributed by atoms with E-state index in [1.54, 1.807) is 6.92 Å². The van der Waals surface area contributed by atoms with Gasteiger partial charge in [-0.05, 0) is 18.9 Å². The van der Waals surface area contributed by atoms with Crippen LogP contribution in [0.1, 0.15) is 12.5 Å². The van der Waals surface area contributed by atoms with E-state index >= 15 is 0 Å². The van der Waals surface area contributed by atoms with Crippen LogP contribution in [0.2, 0.25) is 0 Å². The zero-order valence-electron chi connectivity index (χ0n) is 13.7. The maximum absolute atomic E-state index is 12.9. The fourth-order valence-electron chi connectivity index (χ4n) is 4.18.